The van der Waals surface area contributed by atoms with E-state index in [1.165, 1.54) is 32.1 Å². The molecule has 1 saturated carbocycles. The van der Waals surface area contributed by atoms with Crippen molar-refractivity contribution in [3.63, 3.8) is 0 Å². The highest BCUT2D eigenvalue weighted by atomic mass is 16.5. The van der Waals surface area contributed by atoms with Gasteiger partial charge in [-0.05, 0) is 39.0 Å². The van der Waals surface area contributed by atoms with E-state index >= 15 is 0 Å². The third-order valence-electron chi connectivity index (χ3n) is 4.28. The fourth-order valence-electron chi connectivity index (χ4n) is 3.18. The molecule has 1 heterocycles. The number of rotatable bonds is 2. The van der Waals surface area contributed by atoms with Gasteiger partial charge in [0, 0.05) is 17.5 Å². The Morgan fingerprint density at radius 3 is 2.67 bits per heavy atom. The lowest BCUT2D eigenvalue weighted by molar-refractivity contribution is -0.168. The number of allylic oxidation sites excluding steroid dienone is 1. The van der Waals surface area contributed by atoms with Gasteiger partial charge < -0.3 is 10.1 Å². The monoisotopic (exact) mass is 207 g/mol. The minimum Gasteiger partial charge on any atom is -0.380 e. The average Bonchev–Trinajstić information content (AvgIpc) is 2.10. The highest BCUT2D eigenvalue weighted by Crippen LogP contribution is 2.47. The van der Waals surface area contributed by atoms with Crippen molar-refractivity contribution in [1.82, 2.24) is 5.32 Å². The molecular formula is C13H21NO. The molecule has 3 aliphatic rings. The van der Waals surface area contributed by atoms with E-state index in [9.17, 15) is 0 Å². The number of nitrogens with one attached hydrogen (secondary N) is 1. The van der Waals surface area contributed by atoms with Gasteiger partial charge in [0.05, 0.1) is 13.2 Å². The Morgan fingerprint density at radius 2 is 2.13 bits per heavy atom. The molecule has 0 aromatic heterocycles. The molecule has 1 unspecified atom stereocenters. The van der Waals surface area contributed by atoms with Gasteiger partial charge in [0.2, 0.25) is 0 Å². The third kappa shape index (κ3) is 1.85. The second-order valence-corrected chi connectivity index (χ2v) is 5.79. The van der Waals surface area contributed by atoms with E-state index in [4.69, 9.17) is 4.74 Å². The first kappa shape index (κ1) is 9.86. The quantitative estimate of drug-likeness (QED) is 0.701. The highest BCUT2D eigenvalue weighted by Gasteiger charge is 2.49. The summed E-state index contributed by atoms with van der Waals surface area (Å²) in [5.74, 6) is 0. The van der Waals surface area contributed by atoms with Crippen molar-refractivity contribution >= 4 is 0 Å². The normalized spacial score (nSPS) is 34.5. The molecule has 1 aliphatic heterocycles. The molecular weight excluding hydrogens is 186 g/mol. The molecule has 0 aromatic carbocycles. The second kappa shape index (κ2) is 3.60. The fraction of sp³-hybridized carbons (Fsp3) is 0.846. The summed E-state index contributed by atoms with van der Waals surface area (Å²) >= 11 is 0. The minimum absolute atomic E-state index is 0.609. The topological polar surface area (TPSA) is 21.3 Å². The van der Waals surface area contributed by atoms with E-state index in [0.717, 1.165) is 25.3 Å². The Morgan fingerprint density at radius 1 is 1.33 bits per heavy atom. The summed E-state index contributed by atoms with van der Waals surface area (Å²) in [6.07, 6.45) is 8.98. The molecule has 0 radical (unpaired) electrons. The summed E-state index contributed by atoms with van der Waals surface area (Å²) in [5.41, 5.74) is 2.18. The van der Waals surface area contributed by atoms with Crippen molar-refractivity contribution in [1.29, 1.82) is 0 Å². The van der Waals surface area contributed by atoms with Crippen LogP contribution < -0.4 is 5.32 Å². The summed E-state index contributed by atoms with van der Waals surface area (Å²) in [6, 6.07) is 1.53. The molecule has 0 amide bonds. The molecule has 2 aliphatic carbocycles. The maximum absolute atomic E-state index is 5.30. The van der Waals surface area contributed by atoms with Crippen LogP contribution in [0.25, 0.3) is 0 Å². The van der Waals surface area contributed by atoms with Crippen LogP contribution in [0.2, 0.25) is 0 Å². The zero-order valence-electron chi connectivity index (χ0n) is 9.59. The molecule has 2 fully saturated rings. The molecule has 0 aromatic rings. The Bertz CT molecular complexity index is 272. The van der Waals surface area contributed by atoms with Gasteiger partial charge in [0.15, 0.2) is 0 Å². The standard InChI is InChI=1S/C13H21NO/c1-10-2-4-11(5-3-10)14-12-6-13(7-12)8-15-9-13/h2,11-12,14H,3-9H2,1H3. The van der Waals surface area contributed by atoms with E-state index < -0.39 is 0 Å². The number of hydrogen-bond acceptors (Lipinski definition) is 2. The SMILES string of the molecule is CC1=CCC(NC2CC3(COC3)C2)CC1. The van der Waals surface area contributed by atoms with Crippen LogP contribution in [0.3, 0.4) is 0 Å². The smallest absolute Gasteiger partial charge is 0.0545 e. The van der Waals surface area contributed by atoms with Crippen LogP contribution in [-0.4, -0.2) is 25.3 Å². The van der Waals surface area contributed by atoms with Crippen LogP contribution in [0.15, 0.2) is 11.6 Å². The van der Waals surface area contributed by atoms with Gasteiger partial charge in [-0.3, -0.25) is 0 Å². The average molecular weight is 207 g/mol. The molecule has 1 saturated heterocycles. The van der Waals surface area contributed by atoms with Gasteiger partial charge in [-0.15, -0.1) is 0 Å². The largest absolute Gasteiger partial charge is 0.380 e. The van der Waals surface area contributed by atoms with Crippen molar-refractivity contribution in [2.24, 2.45) is 5.41 Å². The van der Waals surface area contributed by atoms with Crippen LogP contribution in [0, 0.1) is 5.41 Å². The van der Waals surface area contributed by atoms with Crippen LogP contribution >= 0.6 is 0 Å². The van der Waals surface area contributed by atoms with Gasteiger partial charge in [-0.25, -0.2) is 0 Å². The van der Waals surface area contributed by atoms with E-state index in [1.807, 2.05) is 0 Å². The highest BCUT2D eigenvalue weighted by molar-refractivity contribution is 5.07. The molecule has 2 nitrogen and oxygen atoms in total. The molecule has 1 atom stereocenters. The van der Waals surface area contributed by atoms with Crippen molar-refractivity contribution in [3.05, 3.63) is 11.6 Å². The first-order valence-electron chi connectivity index (χ1n) is 6.25. The van der Waals surface area contributed by atoms with Crippen LogP contribution in [0.5, 0.6) is 0 Å². The zero-order chi connectivity index (χ0) is 10.3. The first-order valence-corrected chi connectivity index (χ1v) is 6.25. The van der Waals surface area contributed by atoms with Gasteiger partial charge in [-0.2, -0.15) is 0 Å². The zero-order valence-corrected chi connectivity index (χ0v) is 9.59. The van der Waals surface area contributed by atoms with Crippen molar-refractivity contribution in [2.45, 2.75) is 51.1 Å². The Hall–Kier alpha value is -0.340. The van der Waals surface area contributed by atoms with Crippen molar-refractivity contribution in [2.75, 3.05) is 13.2 Å². The van der Waals surface area contributed by atoms with Crippen LogP contribution in [-0.2, 0) is 4.74 Å². The van der Waals surface area contributed by atoms with E-state index in [0.29, 0.717) is 5.41 Å². The molecule has 0 bridgehead atoms. The summed E-state index contributed by atoms with van der Waals surface area (Å²) in [5, 5.41) is 3.80. The Labute approximate surface area is 92.1 Å². The minimum atomic E-state index is 0.609. The van der Waals surface area contributed by atoms with Crippen LogP contribution in [0.4, 0.5) is 0 Å². The molecule has 15 heavy (non-hydrogen) atoms. The van der Waals surface area contributed by atoms with Crippen molar-refractivity contribution in [3.8, 4) is 0 Å². The van der Waals surface area contributed by atoms with E-state index in [1.54, 1.807) is 5.57 Å². The second-order valence-electron chi connectivity index (χ2n) is 5.79. The van der Waals surface area contributed by atoms with E-state index in [-0.39, 0.29) is 0 Å². The molecule has 2 heteroatoms. The van der Waals surface area contributed by atoms with Crippen LogP contribution in [0.1, 0.15) is 39.0 Å². The predicted octanol–water partition coefficient (Wildman–Crippen LogP) is 2.25. The van der Waals surface area contributed by atoms with Gasteiger partial charge >= 0.3 is 0 Å². The lowest BCUT2D eigenvalue weighted by atomic mass is 9.64. The van der Waals surface area contributed by atoms with Gasteiger partial charge in [0.25, 0.3) is 0 Å². The summed E-state index contributed by atoms with van der Waals surface area (Å²) in [6.45, 7) is 4.30. The molecule has 1 N–H and O–H groups in total. The summed E-state index contributed by atoms with van der Waals surface area (Å²) in [7, 11) is 0. The van der Waals surface area contributed by atoms with Crippen molar-refractivity contribution < 1.29 is 4.74 Å². The van der Waals surface area contributed by atoms with Gasteiger partial charge in [-0.1, -0.05) is 11.6 Å². The number of hydrogen-bond donors (Lipinski definition) is 1. The predicted molar refractivity (Wildman–Crippen MR) is 60.8 cm³/mol. The van der Waals surface area contributed by atoms with Gasteiger partial charge in [0.1, 0.15) is 0 Å². The first-order chi connectivity index (χ1) is 7.26. The van der Waals surface area contributed by atoms with E-state index in [2.05, 4.69) is 18.3 Å². The summed E-state index contributed by atoms with van der Waals surface area (Å²) in [4.78, 5) is 0. The molecule has 84 valence electrons. The fourth-order valence-corrected chi connectivity index (χ4v) is 3.18. The summed E-state index contributed by atoms with van der Waals surface area (Å²) < 4.78 is 5.30. The Kier molecular flexibility index (Phi) is 2.37. The molecule has 1 spiro atoms. The number of ether oxygens (including phenoxy) is 1. The lowest BCUT2D eigenvalue weighted by Gasteiger charge is -2.54. The maximum Gasteiger partial charge on any atom is 0.0545 e. The third-order valence-corrected chi connectivity index (χ3v) is 4.28. The maximum atomic E-state index is 5.30. The molecule has 3 rings (SSSR count). The Balaban J connectivity index is 1.44. The lowest BCUT2D eigenvalue weighted by Crippen LogP contribution is -2.60.